The van der Waals surface area contributed by atoms with Crippen molar-refractivity contribution >= 4 is 16.7 Å². The largest absolute Gasteiger partial charge is 0.358 e. The Bertz CT molecular complexity index is 1340. The number of para-hydroxylation sites is 1. The molecule has 0 radical (unpaired) electrons. The molecule has 0 fully saturated rings. The summed E-state index contributed by atoms with van der Waals surface area (Å²) in [5.41, 5.74) is 2.49. The minimum atomic E-state index is -0.243. The van der Waals surface area contributed by atoms with Crippen LogP contribution in [0.1, 0.15) is 25.8 Å². The number of aromatic nitrogens is 6. The lowest BCUT2D eigenvalue weighted by atomic mass is 10.0. The van der Waals surface area contributed by atoms with Crippen LogP contribution in [0.3, 0.4) is 0 Å². The number of pyridine rings is 2. The van der Waals surface area contributed by atoms with Crippen molar-refractivity contribution in [2.75, 3.05) is 5.32 Å². The number of hydrogen-bond donors (Lipinski definition) is 1. The van der Waals surface area contributed by atoms with Crippen LogP contribution >= 0.6 is 0 Å². The predicted molar refractivity (Wildman–Crippen MR) is 121 cm³/mol. The molecule has 32 heavy (non-hydrogen) atoms. The Morgan fingerprint density at radius 2 is 1.50 bits per heavy atom. The maximum absolute atomic E-state index is 5.64. The fourth-order valence-electron chi connectivity index (χ4n) is 3.45. The lowest BCUT2D eigenvalue weighted by Gasteiger charge is -2.20. The smallest absolute Gasteiger partial charge is 0.249 e. The van der Waals surface area contributed by atoms with Crippen molar-refractivity contribution in [2.45, 2.75) is 19.9 Å². The fraction of sp³-hybridized carbons (Fsp3) is 0.167. The zero-order chi connectivity index (χ0) is 21.9. The van der Waals surface area contributed by atoms with E-state index >= 15 is 0 Å². The van der Waals surface area contributed by atoms with Crippen LogP contribution in [0, 0.1) is 5.92 Å². The van der Waals surface area contributed by atoms with Gasteiger partial charge in [-0.1, -0.05) is 31.1 Å². The molecule has 0 bridgehead atoms. The molecule has 0 saturated carbocycles. The van der Waals surface area contributed by atoms with Gasteiger partial charge in [-0.3, -0.25) is 9.97 Å². The van der Waals surface area contributed by atoms with E-state index in [0.717, 1.165) is 22.0 Å². The van der Waals surface area contributed by atoms with Crippen LogP contribution in [0.4, 0.5) is 5.82 Å². The summed E-state index contributed by atoms with van der Waals surface area (Å²) in [7, 11) is 0. The minimum absolute atomic E-state index is 0.160. The van der Waals surface area contributed by atoms with Gasteiger partial charge in [-0.25, -0.2) is 9.97 Å². The van der Waals surface area contributed by atoms with Gasteiger partial charge in [-0.2, -0.15) is 4.98 Å². The second kappa shape index (κ2) is 8.50. The fourth-order valence-corrected chi connectivity index (χ4v) is 3.45. The van der Waals surface area contributed by atoms with Gasteiger partial charge in [0.05, 0.1) is 5.52 Å². The number of rotatable bonds is 6. The lowest BCUT2D eigenvalue weighted by Crippen LogP contribution is -2.18. The van der Waals surface area contributed by atoms with Gasteiger partial charge in [-0.05, 0) is 42.3 Å². The highest BCUT2D eigenvalue weighted by atomic mass is 16.5. The van der Waals surface area contributed by atoms with Crippen molar-refractivity contribution in [3.05, 3.63) is 79.2 Å². The topological polar surface area (TPSA) is 103 Å². The standard InChI is InChI=1S/C24H21N7O/c1-15(2)20(24-30-22(31-32-24)17-8-6-12-26-14-17)28-23-18-9-3-4-10-19(18)27-21(29-23)16-7-5-11-25-13-16/h3-15,20H,1-2H3,(H,27,28,29). The molecular formula is C24H21N7O. The van der Waals surface area contributed by atoms with Crippen molar-refractivity contribution < 1.29 is 4.52 Å². The number of nitrogens with zero attached hydrogens (tertiary/aromatic N) is 6. The molecule has 0 aliphatic heterocycles. The number of hydrogen-bond acceptors (Lipinski definition) is 8. The van der Waals surface area contributed by atoms with Crippen LogP contribution < -0.4 is 5.32 Å². The summed E-state index contributed by atoms with van der Waals surface area (Å²) in [5, 5.41) is 8.60. The third-order valence-electron chi connectivity index (χ3n) is 5.11. The highest BCUT2D eigenvalue weighted by Gasteiger charge is 2.25. The molecule has 5 aromatic rings. The van der Waals surface area contributed by atoms with Crippen LogP contribution in [0.15, 0.2) is 77.8 Å². The summed E-state index contributed by atoms with van der Waals surface area (Å²) < 4.78 is 5.64. The molecule has 0 spiro atoms. The predicted octanol–water partition coefficient (Wildman–Crippen LogP) is 4.95. The van der Waals surface area contributed by atoms with E-state index in [1.165, 1.54) is 0 Å². The van der Waals surface area contributed by atoms with E-state index < -0.39 is 0 Å². The van der Waals surface area contributed by atoms with E-state index in [0.29, 0.717) is 23.4 Å². The molecule has 4 heterocycles. The highest BCUT2D eigenvalue weighted by molar-refractivity contribution is 5.90. The van der Waals surface area contributed by atoms with Gasteiger partial charge in [-0.15, -0.1) is 0 Å². The zero-order valence-electron chi connectivity index (χ0n) is 17.7. The van der Waals surface area contributed by atoms with Crippen molar-refractivity contribution in [3.63, 3.8) is 0 Å². The SMILES string of the molecule is CC(C)C(Nc1nc(-c2cccnc2)nc2ccccc12)c1nc(-c2cccnc2)no1. The Labute approximate surface area is 184 Å². The van der Waals surface area contributed by atoms with Gasteiger partial charge in [0.25, 0.3) is 0 Å². The van der Waals surface area contributed by atoms with E-state index in [9.17, 15) is 0 Å². The molecule has 158 valence electrons. The van der Waals surface area contributed by atoms with Crippen LogP contribution in [-0.4, -0.2) is 30.1 Å². The second-order valence-electron chi connectivity index (χ2n) is 7.72. The van der Waals surface area contributed by atoms with E-state index in [1.807, 2.05) is 48.5 Å². The maximum atomic E-state index is 5.64. The molecule has 5 rings (SSSR count). The first kappa shape index (κ1) is 19.7. The highest BCUT2D eigenvalue weighted by Crippen LogP contribution is 2.31. The Balaban J connectivity index is 1.55. The van der Waals surface area contributed by atoms with Crippen molar-refractivity contribution in [3.8, 4) is 22.8 Å². The van der Waals surface area contributed by atoms with Gasteiger partial charge in [0.2, 0.25) is 11.7 Å². The number of fused-ring (bicyclic) bond motifs is 1. The zero-order valence-corrected chi connectivity index (χ0v) is 17.7. The lowest BCUT2D eigenvalue weighted by molar-refractivity contribution is 0.336. The van der Waals surface area contributed by atoms with Crippen LogP contribution in [-0.2, 0) is 0 Å². The summed E-state index contributed by atoms with van der Waals surface area (Å²) in [6, 6.07) is 15.2. The Morgan fingerprint density at radius 1 is 0.781 bits per heavy atom. The summed E-state index contributed by atoms with van der Waals surface area (Å²) >= 11 is 0. The van der Waals surface area contributed by atoms with Crippen molar-refractivity contribution in [1.29, 1.82) is 0 Å². The molecule has 4 aromatic heterocycles. The molecule has 1 aromatic carbocycles. The molecule has 8 nitrogen and oxygen atoms in total. The normalized spacial score (nSPS) is 12.2. The molecule has 8 heteroatoms. The van der Waals surface area contributed by atoms with Gasteiger partial charge >= 0.3 is 0 Å². The molecule has 1 unspecified atom stereocenters. The monoisotopic (exact) mass is 423 g/mol. The Hall–Kier alpha value is -4.20. The molecular weight excluding hydrogens is 402 g/mol. The van der Waals surface area contributed by atoms with E-state index in [1.54, 1.807) is 24.8 Å². The van der Waals surface area contributed by atoms with Gasteiger partial charge in [0.15, 0.2) is 5.82 Å². The summed E-state index contributed by atoms with van der Waals surface area (Å²) in [4.78, 5) is 22.5. The van der Waals surface area contributed by atoms with Crippen LogP contribution in [0.5, 0.6) is 0 Å². The average Bonchev–Trinajstić information content (AvgIpc) is 3.33. The first-order valence-corrected chi connectivity index (χ1v) is 10.4. The van der Waals surface area contributed by atoms with Crippen LogP contribution in [0.25, 0.3) is 33.7 Å². The summed E-state index contributed by atoms with van der Waals surface area (Å²) in [5.74, 6) is 2.46. The first-order valence-electron chi connectivity index (χ1n) is 10.4. The summed E-state index contributed by atoms with van der Waals surface area (Å²) in [6.07, 6.45) is 6.91. The van der Waals surface area contributed by atoms with Gasteiger partial charge in [0.1, 0.15) is 11.9 Å². The third-order valence-corrected chi connectivity index (χ3v) is 5.11. The second-order valence-corrected chi connectivity index (χ2v) is 7.72. The van der Waals surface area contributed by atoms with Gasteiger partial charge in [0, 0.05) is 41.3 Å². The number of nitrogens with one attached hydrogen (secondary N) is 1. The quantitative estimate of drug-likeness (QED) is 0.409. The van der Waals surface area contributed by atoms with Crippen molar-refractivity contribution in [2.24, 2.45) is 5.92 Å². The Morgan fingerprint density at radius 3 is 2.19 bits per heavy atom. The maximum Gasteiger partial charge on any atom is 0.249 e. The minimum Gasteiger partial charge on any atom is -0.358 e. The Kier molecular flexibility index (Phi) is 5.25. The molecule has 0 saturated heterocycles. The number of anilines is 1. The van der Waals surface area contributed by atoms with Gasteiger partial charge < -0.3 is 9.84 Å². The van der Waals surface area contributed by atoms with E-state index in [4.69, 9.17) is 14.5 Å². The first-order chi connectivity index (χ1) is 15.7. The van der Waals surface area contributed by atoms with E-state index in [2.05, 4.69) is 39.3 Å². The average molecular weight is 423 g/mol. The van der Waals surface area contributed by atoms with Crippen molar-refractivity contribution in [1.82, 2.24) is 30.1 Å². The molecule has 0 aliphatic carbocycles. The van der Waals surface area contributed by atoms with Crippen LogP contribution in [0.2, 0.25) is 0 Å². The molecule has 0 amide bonds. The summed E-state index contributed by atoms with van der Waals surface area (Å²) in [6.45, 7) is 4.19. The van der Waals surface area contributed by atoms with E-state index in [-0.39, 0.29) is 12.0 Å². The molecule has 1 N–H and O–H groups in total. The molecule has 1 atom stereocenters. The number of benzene rings is 1. The molecule has 0 aliphatic rings. The third kappa shape index (κ3) is 3.90.